The molecule has 0 bridgehead atoms. The van der Waals surface area contributed by atoms with Crippen molar-refractivity contribution in [2.75, 3.05) is 6.54 Å². The number of carboxylic acids is 1. The van der Waals surface area contributed by atoms with Crippen LogP contribution in [-0.2, 0) is 4.79 Å². The Balaban J connectivity index is 1.92. The van der Waals surface area contributed by atoms with Crippen molar-refractivity contribution in [2.45, 2.75) is 12.8 Å². The molecule has 2 N–H and O–H groups in total. The largest absolute Gasteiger partial charge is 0.481 e. The SMILES string of the molecule is O=C(NCC1(C(=O)O)CC1)c1ccc(Cl)o1. The Labute approximate surface area is 96.4 Å². The third-order valence-corrected chi connectivity index (χ3v) is 2.89. The predicted octanol–water partition coefficient (Wildman–Crippen LogP) is 1.53. The molecule has 6 heteroatoms. The Morgan fingerprint density at radius 3 is 2.62 bits per heavy atom. The van der Waals surface area contributed by atoms with Crippen molar-refractivity contribution >= 4 is 23.5 Å². The lowest BCUT2D eigenvalue weighted by molar-refractivity contribution is -0.143. The van der Waals surface area contributed by atoms with E-state index in [0.717, 1.165) is 0 Å². The first-order valence-electron chi connectivity index (χ1n) is 4.80. The lowest BCUT2D eigenvalue weighted by atomic mass is 10.1. The highest BCUT2D eigenvalue weighted by Gasteiger charge is 2.50. The third kappa shape index (κ3) is 2.04. The second-order valence-corrected chi connectivity index (χ2v) is 4.24. The van der Waals surface area contributed by atoms with Crippen LogP contribution < -0.4 is 5.32 Å². The summed E-state index contributed by atoms with van der Waals surface area (Å²) >= 11 is 5.52. The normalized spacial score (nSPS) is 16.8. The molecule has 1 aliphatic rings. The standard InChI is InChI=1S/C10H10ClNO4/c11-7-2-1-6(16-7)8(13)12-5-10(3-4-10)9(14)15/h1-2H,3-5H2,(H,12,13)(H,14,15). The fourth-order valence-electron chi connectivity index (χ4n) is 1.39. The summed E-state index contributed by atoms with van der Waals surface area (Å²) < 4.78 is 4.90. The molecule has 0 atom stereocenters. The summed E-state index contributed by atoms with van der Waals surface area (Å²) in [6.07, 6.45) is 1.20. The molecular formula is C10H10ClNO4. The van der Waals surface area contributed by atoms with Gasteiger partial charge in [-0.3, -0.25) is 9.59 Å². The maximum atomic E-state index is 11.5. The van der Waals surface area contributed by atoms with E-state index in [2.05, 4.69) is 5.32 Å². The molecule has 1 fully saturated rings. The topological polar surface area (TPSA) is 79.5 Å². The maximum Gasteiger partial charge on any atom is 0.311 e. The lowest BCUT2D eigenvalue weighted by Gasteiger charge is -2.09. The highest BCUT2D eigenvalue weighted by molar-refractivity contribution is 6.29. The highest BCUT2D eigenvalue weighted by atomic mass is 35.5. The van der Waals surface area contributed by atoms with E-state index in [0.29, 0.717) is 12.8 Å². The van der Waals surface area contributed by atoms with Gasteiger partial charge >= 0.3 is 5.97 Å². The van der Waals surface area contributed by atoms with Crippen LogP contribution in [0.4, 0.5) is 0 Å². The van der Waals surface area contributed by atoms with Crippen LogP contribution in [0.25, 0.3) is 0 Å². The second-order valence-electron chi connectivity index (χ2n) is 3.87. The number of carbonyl (C=O) groups is 2. The van der Waals surface area contributed by atoms with Gasteiger partial charge in [0.15, 0.2) is 11.0 Å². The van der Waals surface area contributed by atoms with Gasteiger partial charge in [0.2, 0.25) is 0 Å². The zero-order chi connectivity index (χ0) is 11.8. The van der Waals surface area contributed by atoms with Crippen molar-refractivity contribution in [3.05, 3.63) is 23.1 Å². The van der Waals surface area contributed by atoms with Crippen molar-refractivity contribution < 1.29 is 19.1 Å². The molecule has 0 radical (unpaired) electrons. The van der Waals surface area contributed by atoms with Gasteiger partial charge in [0, 0.05) is 6.54 Å². The monoisotopic (exact) mass is 243 g/mol. The van der Waals surface area contributed by atoms with E-state index in [1.807, 2.05) is 0 Å². The molecule has 1 aromatic rings. The third-order valence-electron chi connectivity index (χ3n) is 2.69. The Kier molecular flexibility index (Phi) is 2.63. The first-order chi connectivity index (χ1) is 7.53. The van der Waals surface area contributed by atoms with Gasteiger partial charge in [-0.05, 0) is 36.6 Å². The Morgan fingerprint density at radius 2 is 2.19 bits per heavy atom. The van der Waals surface area contributed by atoms with E-state index in [-0.39, 0.29) is 17.5 Å². The van der Waals surface area contributed by atoms with Gasteiger partial charge in [0.25, 0.3) is 5.91 Å². The molecule has 0 unspecified atom stereocenters. The van der Waals surface area contributed by atoms with Crippen LogP contribution in [0.15, 0.2) is 16.5 Å². The number of rotatable bonds is 4. The van der Waals surface area contributed by atoms with Crippen LogP contribution in [0.1, 0.15) is 23.4 Å². The molecule has 0 aliphatic heterocycles. The Bertz CT molecular complexity index is 436. The molecule has 1 aromatic heterocycles. The first-order valence-corrected chi connectivity index (χ1v) is 5.18. The van der Waals surface area contributed by atoms with E-state index in [4.69, 9.17) is 21.1 Å². The molecule has 1 aliphatic carbocycles. The Morgan fingerprint density at radius 1 is 1.50 bits per heavy atom. The molecule has 0 spiro atoms. The fraction of sp³-hybridized carbons (Fsp3) is 0.400. The van der Waals surface area contributed by atoms with Gasteiger partial charge in [0.1, 0.15) is 0 Å². The maximum absolute atomic E-state index is 11.5. The van der Waals surface area contributed by atoms with Crippen molar-refractivity contribution in [1.29, 1.82) is 0 Å². The van der Waals surface area contributed by atoms with E-state index < -0.39 is 17.3 Å². The summed E-state index contributed by atoms with van der Waals surface area (Å²) in [5, 5.41) is 11.5. The summed E-state index contributed by atoms with van der Waals surface area (Å²) in [5.41, 5.74) is -0.772. The molecule has 5 nitrogen and oxygen atoms in total. The summed E-state index contributed by atoms with van der Waals surface area (Å²) in [6, 6.07) is 2.90. The number of carbonyl (C=O) groups excluding carboxylic acids is 1. The number of aliphatic carboxylic acids is 1. The van der Waals surface area contributed by atoms with Gasteiger partial charge in [-0.15, -0.1) is 0 Å². The number of amides is 1. The molecule has 1 amide bonds. The fourth-order valence-corrected chi connectivity index (χ4v) is 1.54. The van der Waals surface area contributed by atoms with E-state index in [9.17, 15) is 9.59 Å². The second kappa shape index (κ2) is 3.83. The number of halogens is 1. The van der Waals surface area contributed by atoms with Crippen LogP contribution in [0.2, 0.25) is 5.22 Å². The Hall–Kier alpha value is -1.49. The zero-order valence-corrected chi connectivity index (χ0v) is 9.08. The molecule has 86 valence electrons. The van der Waals surface area contributed by atoms with E-state index >= 15 is 0 Å². The molecule has 0 aromatic carbocycles. The molecule has 1 saturated carbocycles. The van der Waals surface area contributed by atoms with Gasteiger partial charge in [-0.1, -0.05) is 0 Å². The number of carboxylic acid groups (broad SMARTS) is 1. The molecule has 1 heterocycles. The van der Waals surface area contributed by atoms with Crippen molar-refractivity contribution in [2.24, 2.45) is 5.41 Å². The van der Waals surface area contributed by atoms with Crippen molar-refractivity contribution in [3.63, 3.8) is 0 Å². The quantitative estimate of drug-likeness (QED) is 0.840. The number of nitrogens with one attached hydrogen (secondary N) is 1. The minimum absolute atomic E-state index is 0.0891. The molecular weight excluding hydrogens is 234 g/mol. The van der Waals surface area contributed by atoms with E-state index in [1.165, 1.54) is 12.1 Å². The minimum atomic E-state index is -0.870. The van der Waals surface area contributed by atoms with Gasteiger partial charge in [0.05, 0.1) is 5.41 Å². The zero-order valence-electron chi connectivity index (χ0n) is 8.33. The van der Waals surface area contributed by atoms with Crippen LogP contribution in [0.5, 0.6) is 0 Å². The van der Waals surface area contributed by atoms with Crippen LogP contribution >= 0.6 is 11.6 Å². The van der Waals surface area contributed by atoms with Crippen LogP contribution in [0, 0.1) is 5.41 Å². The average Bonchev–Trinajstić information content (AvgIpc) is 2.92. The van der Waals surface area contributed by atoms with E-state index in [1.54, 1.807) is 0 Å². The van der Waals surface area contributed by atoms with Crippen LogP contribution in [0.3, 0.4) is 0 Å². The van der Waals surface area contributed by atoms with Gasteiger partial charge in [-0.2, -0.15) is 0 Å². The minimum Gasteiger partial charge on any atom is -0.481 e. The van der Waals surface area contributed by atoms with Gasteiger partial charge < -0.3 is 14.8 Å². The first kappa shape index (κ1) is 11.0. The summed E-state index contributed by atoms with van der Waals surface area (Å²) in [7, 11) is 0. The number of hydrogen-bond donors (Lipinski definition) is 2. The van der Waals surface area contributed by atoms with Crippen molar-refractivity contribution in [3.8, 4) is 0 Å². The molecule has 2 rings (SSSR count). The van der Waals surface area contributed by atoms with Crippen molar-refractivity contribution in [1.82, 2.24) is 5.32 Å². The highest BCUT2D eigenvalue weighted by Crippen LogP contribution is 2.45. The van der Waals surface area contributed by atoms with Crippen LogP contribution in [-0.4, -0.2) is 23.5 Å². The smallest absolute Gasteiger partial charge is 0.311 e. The predicted molar refractivity (Wildman–Crippen MR) is 55.4 cm³/mol. The summed E-state index contributed by atoms with van der Waals surface area (Å²) in [5.74, 6) is -1.23. The lowest BCUT2D eigenvalue weighted by Crippen LogP contribution is -2.34. The average molecular weight is 244 g/mol. The summed E-state index contributed by atoms with van der Waals surface area (Å²) in [4.78, 5) is 22.3. The summed E-state index contributed by atoms with van der Waals surface area (Å²) in [6.45, 7) is 0.124. The van der Waals surface area contributed by atoms with Gasteiger partial charge in [-0.25, -0.2) is 0 Å². The number of furan rings is 1. The molecule has 0 saturated heterocycles. The number of hydrogen-bond acceptors (Lipinski definition) is 3. The molecule has 16 heavy (non-hydrogen) atoms.